The highest BCUT2D eigenvalue weighted by Crippen LogP contribution is 2.18. The summed E-state index contributed by atoms with van der Waals surface area (Å²) in [5.41, 5.74) is 1.54. The van der Waals surface area contributed by atoms with Crippen molar-refractivity contribution in [2.75, 3.05) is 18.5 Å². The van der Waals surface area contributed by atoms with Gasteiger partial charge in [0.15, 0.2) is 0 Å². The Morgan fingerprint density at radius 3 is 2.82 bits per heavy atom. The van der Waals surface area contributed by atoms with E-state index in [1.165, 1.54) is 0 Å². The summed E-state index contributed by atoms with van der Waals surface area (Å²) in [6.45, 7) is 3.06. The molecule has 1 saturated heterocycles. The van der Waals surface area contributed by atoms with E-state index in [-0.39, 0.29) is 12.1 Å². The second-order valence-corrected chi connectivity index (χ2v) is 5.18. The van der Waals surface area contributed by atoms with Crippen LogP contribution in [-0.4, -0.2) is 35.4 Å². The van der Waals surface area contributed by atoms with Crippen molar-refractivity contribution in [3.63, 3.8) is 0 Å². The van der Waals surface area contributed by atoms with E-state index in [2.05, 4.69) is 20.8 Å². The molecule has 1 fully saturated rings. The lowest BCUT2D eigenvalue weighted by atomic mass is 10.2. The summed E-state index contributed by atoms with van der Waals surface area (Å²) < 4.78 is 10.4. The molecule has 116 valence electrons. The van der Waals surface area contributed by atoms with Crippen LogP contribution in [-0.2, 0) is 4.74 Å². The second kappa shape index (κ2) is 6.57. The zero-order chi connectivity index (χ0) is 15.4. The van der Waals surface area contributed by atoms with E-state index >= 15 is 0 Å². The molecule has 1 aliphatic heterocycles. The van der Waals surface area contributed by atoms with Crippen molar-refractivity contribution >= 4 is 11.7 Å². The van der Waals surface area contributed by atoms with E-state index in [0.717, 1.165) is 25.0 Å². The number of anilines is 1. The number of benzene rings is 1. The quantitative estimate of drug-likeness (QED) is 0.905. The van der Waals surface area contributed by atoms with Gasteiger partial charge in [0.1, 0.15) is 0 Å². The first kappa shape index (κ1) is 14.5. The Labute approximate surface area is 128 Å². The van der Waals surface area contributed by atoms with Gasteiger partial charge in [0.25, 0.3) is 0 Å². The Bertz CT molecular complexity index is 632. The van der Waals surface area contributed by atoms with Crippen LogP contribution in [0.3, 0.4) is 0 Å². The van der Waals surface area contributed by atoms with Gasteiger partial charge in [0, 0.05) is 31.3 Å². The molecule has 1 aromatic heterocycles. The molecule has 0 aliphatic carbocycles. The summed E-state index contributed by atoms with van der Waals surface area (Å²) >= 11 is 0. The van der Waals surface area contributed by atoms with E-state index in [9.17, 15) is 4.79 Å². The van der Waals surface area contributed by atoms with Gasteiger partial charge in [-0.05, 0) is 37.1 Å². The summed E-state index contributed by atoms with van der Waals surface area (Å²) in [5, 5.41) is 9.44. The lowest BCUT2D eigenvalue weighted by Gasteiger charge is -2.11. The third-order valence-corrected chi connectivity index (χ3v) is 3.44. The molecule has 3 rings (SSSR count). The predicted molar refractivity (Wildman–Crippen MR) is 80.5 cm³/mol. The van der Waals surface area contributed by atoms with Gasteiger partial charge in [-0.2, -0.15) is 4.98 Å². The minimum atomic E-state index is -0.237. The fraction of sp³-hybridized carbons (Fsp3) is 0.400. The molecule has 0 unspecified atom stereocenters. The number of carbonyl (C=O) groups excluding carboxylic acids is 1. The summed E-state index contributed by atoms with van der Waals surface area (Å²) in [6, 6.07) is 7.03. The van der Waals surface area contributed by atoms with Crippen molar-refractivity contribution in [3.05, 3.63) is 30.2 Å². The fourth-order valence-electron chi connectivity index (χ4n) is 2.31. The van der Waals surface area contributed by atoms with Gasteiger partial charge in [-0.1, -0.05) is 5.16 Å². The number of hydrogen-bond donors (Lipinski definition) is 2. The Morgan fingerprint density at radius 2 is 2.18 bits per heavy atom. The topological polar surface area (TPSA) is 89.3 Å². The minimum Gasteiger partial charge on any atom is -0.376 e. The maximum absolute atomic E-state index is 11.8. The number of nitrogens with zero attached hydrogens (tertiary/aromatic N) is 2. The van der Waals surface area contributed by atoms with E-state index < -0.39 is 0 Å². The smallest absolute Gasteiger partial charge is 0.319 e. The zero-order valence-electron chi connectivity index (χ0n) is 12.3. The summed E-state index contributed by atoms with van der Waals surface area (Å²) in [6.07, 6.45) is 2.19. The maximum atomic E-state index is 11.8. The van der Waals surface area contributed by atoms with E-state index in [1.54, 1.807) is 19.1 Å². The highest BCUT2D eigenvalue weighted by atomic mass is 16.5. The van der Waals surface area contributed by atoms with Gasteiger partial charge in [-0.15, -0.1) is 0 Å². The average Bonchev–Trinajstić information content (AvgIpc) is 3.17. The molecule has 2 aromatic rings. The molecule has 7 nitrogen and oxygen atoms in total. The molecular formula is C15H18N4O3. The molecule has 2 amide bonds. The predicted octanol–water partition coefficient (Wildman–Crippen LogP) is 2.35. The molecule has 0 spiro atoms. The number of carbonyl (C=O) groups is 1. The zero-order valence-corrected chi connectivity index (χ0v) is 12.3. The number of hydrogen-bond acceptors (Lipinski definition) is 5. The van der Waals surface area contributed by atoms with Gasteiger partial charge < -0.3 is 19.9 Å². The summed E-state index contributed by atoms with van der Waals surface area (Å²) in [5.74, 6) is 1.05. The first-order valence-electron chi connectivity index (χ1n) is 7.28. The first-order chi connectivity index (χ1) is 10.7. The molecule has 0 bridgehead atoms. The monoisotopic (exact) mass is 302 g/mol. The lowest BCUT2D eigenvalue weighted by molar-refractivity contribution is 0.112. The van der Waals surface area contributed by atoms with Crippen molar-refractivity contribution in [3.8, 4) is 11.4 Å². The van der Waals surface area contributed by atoms with Crippen molar-refractivity contribution < 1.29 is 14.1 Å². The number of rotatable bonds is 4. The Balaban J connectivity index is 1.53. The Hall–Kier alpha value is -2.41. The molecule has 1 atom stereocenters. The van der Waals surface area contributed by atoms with Crippen LogP contribution in [0.25, 0.3) is 11.4 Å². The van der Waals surface area contributed by atoms with Gasteiger partial charge >= 0.3 is 6.03 Å². The number of urea groups is 1. The standard InChI is InChI=1S/C15H18N4O3/c1-10-17-14(19-22-10)11-4-6-12(7-5-11)18-15(20)16-9-13-3-2-8-21-13/h4-7,13H,2-3,8-9H2,1H3,(H2,16,18,20)/t13-/m1/s1. The van der Waals surface area contributed by atoms with Crippen molar-refractivity contribution in [1.82, 2.24) is 15.5 Å². The molecule has 1 aliphatic rings. The number of aromatic nitrogens is 2. The molecule has 2 heterocycles. The molecule has 2 N–H and O–H groups in total. The number of aryl methyl sites for hydroxylation is 1. The van der Waals surface area contributed by atoms with Crippen LogP contribution in [0.2, 0.25) is 0 Å². The number of amides is 2. The summed E-state index contributed by atoms with van der Waals surface area (Å²) in [4.78, 5) is 16.0. The van der Waals surface area contributed by atoms with Crippen molar-refractivity contribution in [1.29, 1.82) is 0 Å². The molecule has 0 saturated carbocycles. The highest BCUT2D eigenvalue weighted by Gasteiger charge is 2.16. The van der Waals surface area contributed by atoms with Crippen LogP contribution in [0.1, 0.15) is 18.7 Å². The van der Waals surface area contributed by atoms with E-state index in [4.69, 9.17) is 9.26 Å². The number of ether oxygens (including phenoxy) is 1. The highest BCUT2D eigenvalue weighted by molar-refractivity contribution is 5.89. The number of nitrogens with one attached hydrogen (secondary N) is 2. The molecule has 1 aromatic carbocycles. The SMILES string of the molecule is Cc1nc(-c2ccc(NC(=O)NC[C@H]3CCCO3)cc2)no1. The van der Waals surface area contributed by atoms with Gasteiger partial charge in [-0.25, -0.2) is 4.79 Å². The second-order valence-electron chi connectivity index (χ2n) is 5.18. The van der Waals surface area contributed by atoms with Gasteiger partial charge in [-0.3, -0.25) is 0 Å². The molecular weight excluding hydrogens is 284 g/mol. The van der Waals surface area contributed by atoms with Crippen LogP contribution in [0.15, 0.2) is 28.8 Å². The Kier molecular flexibility index (Phi) is 4.34. The molecule has 0 radical (unpaired) electrons. The molecule has 7 heteroatoms. The molecule has 22 heavy (non-hydrogen) atoms. The van der Waals surface area contributed by atoms with Crippen molar-refractivity contribution in [2.24, 2.45) is 0 Å². The van der Waals surface area contributed by atoms with Gasteiger partial charge in [0.05, 0.1) is 6.10 Å². The first-order valence-corrected chi connectivity index (χ1v) is 7.28. The van der Waals surface area contributed by atoms with Crippen LogP contribution < -0.4 is 10.6 Å². The van der Waals surface area contributed by atoms with Crippen LogP contribution in [0.5, 0.6) is 0 Å². The van der Waals surface area contributed by atoms with Crippen LogP contribution >= 0.6 is 0 Å². The third-order valence-electron chi connectivity index (χ3n) is 3.44. The third kappa shape index (κ3) is 3.62. The van der Waals surface area contributed by atoms with E-state index in [0.29, 0.717) is 23.9 Å². The maximum Gasteiger partial charge on any atom is 0.319 e. The summed E-state index contributed by atoms with van der Waals surface area (Å²) in [7, 11) is 0. The normalized spacial score (nSPS) is 17.4. The van der Waals surface area contributed by atoms with Crippen LogP contribution in [0, 0.1) is 6.92 Å². The van der Waals surface area contributed by atoms with E-state index in [1.807, 2.05) is 12.1 Å². The fourth-order valence-corrected chi connectivity index (χ4v) is 2.31. The average molecular weight is 302 g/mol. The lowest BCUT2D eigenvalue weighted by Crippen LogP contribution is -2.34. The van der Waals surface area contributed by atoms with Crippen molar-refractivity contribution in [2.45, 2.75) is 25.9 Å². The minimum absolute atomic E-state index is 0.134. The Morgan fingerprint density at radius 1 is 1.36 bits per heavy atom. The largest absolute Gasteiger partial charge is 0.376 e. The van der Waals surface area contributed by atoms with Crippen LogP contribution in [0.4, 0.5) is 10.5 Å². The van der Waals surface area contributed by atoms with Gasteiger partial charge in [0.2, 0.25) is 11.7 Å².